The van der Waals surface area contributed by atoms with E-state index in [2.05, 4.69) is 15.9 Å². The molecule has 1 atom stereocenters. The van der Waals surface area contributed by atoms with Gasteiger partial charge in [0.1, 0.15) is 0 Å². The summed E-state index contributed by atoms with van der Waals surface area (Å²) in [6, 6.07) is 0. The van der Waals surface area contributed by atoms with Crippen molar-refractivity contribution in [1.29, 1.82) is 0 Å². The molecule has 0 N–H and O–H groups in total. The summed E-state index contributed by atoms with van der Waals surface area (Å²) >= 11 is 3.36. The van der Waals surface area contributed by atoms with Crippen molar-refractivity contribution >= 4 is 15.9 Å². The third kappa shape index (κ3) is 3.78. The van der Waals surface area contributed by atoms with Crippen LogP contribution in [0.25, 0.3) is 0 Å². The zero-order valence-electron chi connectivity index (χ0n) is 6.68. The average Bonchev–Trinajstić information content (AvgIpc) is 2.12. The van der Waals surface area contributed by atoms with E-state index in [0.29, 0.717) is 26.3 Å². The van der Waals surface area contributed by atoms with E-state index in [9.17, 15) is 8.78 Å². The number of halogens is 3. The number of hydrogen-bond acceptors (Lipinski definition) is 2. The normalized spacial score (nSPS) is 27.5. The molecule has 0 bridgehead atoms. The number of alkyl halides is 3. The van der Waals surface area contributed by atoms with Gasteiger partial charge in [-0.25, -0.2) is 8.78 Å². The molecule has 0 aliphatic carbocycles. The van der Waals surface area contributed by atoms with Crippen molar-refractivity contribution < 1.29 is 13.5 Å². The molecule has 5 heteroatoms. The fourth-order valence-electron chi connectivity index (χ4n) is 1.19. The topological polar surface area (TPSA) is 12.5 Å². The van der Waals surface area contributed by atoms with E-state index in [-0.39, 0.29) is 11.4 Å². The monoisotopic (exact) mass is 243 g/mol. The highest BCUT2D eigenvalue weighted by molar-refractivity contribution is 9.09. The van der Waals surface area contributed by atoms with E-state index < -0.39 is 6.43 Å². The quantitative estimate of drug-likeness (QED) is 0.680. The lowest BCUT2D eigenvalue weighted by Gasteiger charge is -2.19. The minimum atomic E-state index is -2.25. The maximum atomic E-state index is 12.0. The standard InChI is InChI=1S/C7H12BrF2NO/c8-6-3-11(4-7(9)10)1-2-12-5-6/h6-7H,1-5H2. The van der Waals surface area contributed by atoms with Crippen molar-refractivity contribution in [2.45, 2.75) is 11.3 Å². The van der Waals surface area contributed by atoms with Gasteiger partial charge >= 0.3 is 0 Å². The van der Waals surface area contributed by atoms with Crippen LogP contribution in [0.3, 0.4) is 0 Å². The third-order valence-corrected chi connectivity index (χ3v) is 2.26. The van der Waals surface area contributed by atoms with Gasteiger partial charge in [0.05, 0.1) is 24.6 Å². The zero-order valence-corrected chi connectivity index (χ0v) is 8.27. The zero-order chi connectivity index (χ0) is 8.97. The summed E-state index contributed by atoms with van der Waals surface area (Å²) in [5, 5.41) is 0. The average molecular weight is 244 g/mol. The Kier molecular flexibility index (Phi) is 4.39. The lowest BCUT2D eigenvalue weighted by Crippen LogP contribution is -2.34. The molecule has 1 aliphatic rings. The maximum Gasteiger partial charge on any atom is 0.251 e. The Morgan fingerprint density at radius 1 is 1.58 bits per heavy atom. The van der Waals surface area contributed by atoms with E-state index in [1.165, 1.54) is 0 Å². The van der Waals surface area contributed by atoms with E-state index in [1.54, 1.807) is 4.90 Å². The molecule has 0 aromatic carbocycles. The predicted octanol–water partition coefficient (Wildman–Crippen LogP) is 1.35. The Balaban J connectivity index is 2.31. The highest BCUT2D eigenvalue weighted by Gasteiger charge is 2.18. The molecule has 0 radical (unpaired) electrons. The first-order valence-electron chi connectivity index (χ1n) is 3.91. The van der Waals surface area contributed by atoms with E-state index in [1.807, 2.05) is 0 Å². The van der Waals surface area contributed by atoms with Crippen LogP contribution in [0.1, 0.15) is 0 Å². The van der Waals surface area contributed by atoms with Crippen LogP contribution >= 0.6 is 15.9 Å². The summed E-state index contributed by atoms with van der Waals surface area (Å²) in [4.78, 5) is 1.90. The van der Waals surface area contributed by atoms with Crippen molar-refractivity contribution in [2.75, 3.05) is 32.8 Å². The van der Waals surface area contributed by atoms with Gasteiger partial charge in [0.2, 0.25) is 0 Å². The SMILES string of the molecule is FC(F)CN1CCOCC(Br)C1. The minimum absolute atomic E-state index is 0.147. The molecule has 1 aliphatic heterocycles. The molecule has 1 heterocycles. The van der Waals surface area contributed by atoms with E-state index in [4.69, 9.17) is 4.74 Å². The molecule has 1 rings (SSSR count). The molecule has 0 saturated carbocycles. The summed E-state index contributed by atoms with van der Waals surface area (Å²) in [5.74, 6) is 0. The Hall–Kier alpha value is 0.260. The minimum Gasteiger partial charge on any atom is -0.379 e. The molecular formula is C7H12BrF2NO. The lowest BCUT2D eigenvalue weighted by molar-refractivity contribution is 0.0834. The third-order valence-electron chi connectivity index (χ3n) is 1.70. The highest BCUT2D eigenvalue weighted by atomic mass is 79.9. The van der Waals surface area contributed by atoms with Crippen molar-refractivity contribution in [1.82, 2.24) is 4.90 Å². The molecule has 1 saturated heterocycles. The molecule has 0 aromatic heterocycles. The Morgan fingerprint density at radius 3 is 3.00 bits per heavy atom. The van der Waals surface area contributed by atoms with Gasteiger partial charge in [0.25, 0.3) is 6.43 Å². The number of rotatable bonds is 2. The molecule has 12 heavy (non-hydrogen) atoms. The van der Waals surface area contributed by atoms with Crippen LogP contribution in [0.4, 0.5) is 8.78 Å². The fourth-order valence-corrected chi connectivity index (χ4v) is 1.79. The summed E-state index contributed by atoms with van der Waals surface area (Å²) in [5.41, 5.74) is 0. The molecule has 2 nitrogen and oxygen atoms in total. The van der Waals surface area contributed by atoms with Crippen LogP contribution in [-0.4, -0.2) is 49.0 Å². The fraction of sp³-hybridized carbons (Fsp3) is 1.00. The van der Waals surface area contributed by atoms with Crippen LogP contribution in [-0.2, 0) is 4.74 Å². The summed E-state index contributed by atoms with van der Waals surface area (Å²) in [7, 11) is 0. The Morgan fingerprint density at radius 2 is 2.33 bits per heavy atom. The molecule has 72 valence electrons. The van der Waals surface area contributed by atoms with Crippen LogP contribution in [0.2, 0.25) is 0 Å². The largest absolute Gasteiger partial charge is 0.379 e. The van der Waals surface area contributed by atoms with Gasteiger partial charge in [0, 0.05) is 13.1 Å². The van der Waals surface area contributed by atoms with Gasteiger partial charge in [-0.1, -0.05) is 15.9 Å². The molecular weight excluding hydrogens is 232 g/mol. The van der Waals surface area contributed by atoms with Gasteiger partial charge in [-0.2, -0.15) is 0 Å². The Labute approximate surface area is 79.0 Å². The van der Waals surface area contributed by atoms with Gasteiger partial charge in [-0.05, 0) is 0 Å². The summed E-state index contributed by atoms with van der Waals surface area (Å²) in [6.45, 7) is 2.26. The van der Waals surface area contributed by atoms with Crippen LogP contribution in [0.15, 0.2) is 0 Å². The highest BCUT2D eigenvalue weighted by Crippen LogP contribution is 2.09. The van der Waals surface area contributed by atoms with Gasteiger partial charge in [-0.15, -0.1) is 0 Å². The molecule has 1 fully saturated rings. The summed E-state index contributed by atoms with van der Waals surface area (Å²) in [6.07, 6.45) is -2.25. The first-order valence-corrected chi connectivity index (χ1v) is 4.82. The van der Waals surface area contributed by atoms with E-state index in [0.717, 1.165) is 0 Å². The van der Waals surface area contributed by atoms with Crippen LogP contribution in [0.5, 0.6) is 0 Å². The molecule has 0 amide bonds. The second-order valence-corrected chi connectivity index (χ2v) is 4.12. The number of ether oxygens (including phenoxy) is 1. The van der Waals surface area contributed by atoms with Crippen molar-refractivity contribution in [3.63, 3.8) is 0 Å². The van der Waals surface area contributed by atoms with Gasteiger partial charge < -0.3 is 4.74 Å². The van der Waals surface area contributed by atoms with E-state index >= 15 is 0 Å². The second kappa shape index (κ2) is 5.09. The van der Waals surface area contributed by atoms with Gasteiger partial charge in [0.15, 0.2) is 0 Å². The summed E-state index contributed by atoms with van der Waals surface area (Å²) < 4.78 is 29.1. The molecule has 0 spiro atoms. The van der Waals surface area contributed by atoms with Crippen molar-refractivity contribution in [3.05, 3.63) is 0 Å². The first-order chi connectivity index (χ1) is 5.68. The molecule has 1 unspecified atom stereocenters. The number of nitrogens with zero attached hydrogens (tertiary/aromatic N) is 1. The molecule has 0 aromatic rings. The van der Waals surface area contributed by atoms with Gasteiger partial charge in [-0.3, -0.25) is 4.90 Å². The van der Waals surface area contributed by atoms with Crippen LogP contribution in [0, 0.1) is 0 Å². The Bertz CT molecular complexity index is 137. The number of hydrogen-bond donors (Lipinski definition) is 0. The van der Waals surface area contributed by atoms with Crippen molar-refractivity contribution in [2.24, 2.45) is 0 Å². The van der Waals surface area contributed by atoms with Crippen LogP contribution < -0.4 is 0 Å². The first kappa shape index (κ1) is 10.3. The second-order valence-electron chi connectivity index (χ2n) is 2.82. The smallest absolute Gasteiger partial charge is 0.251 e. The predicted molar refractivity (Wildman–Crippen MR) is 46.0 cm³/mol. The van der Waals surface area contributed by atoms with Crippen molar-refractivity contribution in [3.8, 4) is 0 Å². The lowest BCUT2D eigenvalue weighted by atomic mass is 10.4. The maximum absolute atomic E-state index is 12.0.